The molecule has 0 radical (unpaired) electrons. The van der Waals surface area contributed by atoms with Crippen LogP contribution in [0.4, 0.5) is 0 Å². The fourth-order valence-corrected chi connectivity index (χ4v) is 4.24. The molecule has 0 aliphatic heterocycles. The van der Waals surface area contributed by atoms with Crippen LogP contribution in [-0.4, -0.2) is 33.4 Å². The molecular weight excluding hydrogens is 517 g/mol. The van der Waals surface area contributed by atoms with Gasteiger partial charge in [-0.3, -0.25) is 0 Å². The fraction of sp³-hybridized carbons (Fsp3) is 0.381. The van der Waals surface area contributed by atoms with Crippen LogP contribution >= 0.6 is 35.7 Å². The number of nitrogens with one attached hydrogen (secondary N) is 2. The van der Waals surface area contributed by atoms with Crippen LogP contribution in [0.2, 0.25) is 0 Å². The summed E-state index contributed by atoms with van der Waals surface area (Å²) in [5, 5.41) is 6.66. The third kappa shape index (κ3) is 9.39. The van der Waals surface area contributed by atoms with Gasteiger partial charge < -0.3 is 10.6 Å². The summed E-state index contributed by atoms with van der Waals surface area (Å²) in [7, 11) is -3.01. The normalized spacial score (nSPS) is 11.7. The van der Waals surface area contributed by atoms with Crippen molar-refractivity contribution in [3.8, 4) is 0 Å². The Bertz CT molecular complexity index is 914. The van der Waals surface area contributed by atoms with E-state index >= 15 is 0 Å². The second-order valence-corrected chi connectivity index (χ2v) is 9.74. The van der Waals surface area contributed by atoms with Crippen LogP contribution in [0.25, 0.3) is 0 Å². The van der Waals surface area contributed by atoms with Gasteiger partial charge in [0.1, 0.15) is 0 Å². The van der Waals surface area contributed by atoms with E-state index in [4.69, 9.17) is 0 Å². The van der Waals surface area contributed by atoms with Crippen LogP contribution in [0.5, 0.6) is 0 Å². The summed E-state index contributed by atoms with van der Waals surface area (Å²) >= 11 is 1.75. The number of rotatable bonds is 8. The Hall–Kier alpha value is -1.26. The van der Waals surface area contributed by atoms with E-state index in [1.165, 1.54) is 22.3 Å². The first-order valence-electron chi connectivity index (χ1n) is 9.22. The van der Waals surface area contributed by atoms with E-state index < -0.39 is 9.84 Å². The molecule has 2 aromatic rings. The first kappa shape index (κ1) is 25.8. The average molecular weight is 548 g/mol. The molecule has 0 atom stereocenters. The monoisotopic (exact) mass is 547 g/mol. The molecule has 160 valence electrons. The number of sulfone groups is 1. The summed E-state index contributed by atoms with van der Waals surface area (Å²) in [5.41, 5.74) is 4.33. The van der Waals surface area contributed by atoms with Crippen molar-refractivity contribution < 1.29 is 8.42 Å². The number of thioether (sulfide) groups is 1. The first-order chi connectivity index (χ1) is 13.3. The van der Waals surface area contributed by atoms with Crippen LogP contribution in [0, 0.1) is 6.92 Å². The van der Waals surface area contributed by atoms with Crippen molar-refractivity contribution in [3.05, 3.63) is 64.7 Å². The number of guanidine groups is 1. The van der Waals surface area contributed by atoms with Crippen molar-refractivity contribution in [2.45, 2.75) is 37.6 Å². The van der Waals surface area contributed by atoms with E-state index in [1.54, 1.807) is 11.8 Å². The topological polar surface area (TPSA) is 70.6 Å². The van der Waals surface area contributed by atoms with Gasteiger partial charge >= 0.3 is 0 Å². The lowest BCUT2D eigenvalue weighted by Crippen LogP contribution is -2.36. The van der Waals surface area contributed by atoms with Gasteiger partial charge in [0.15, 0.2) is 15.8 Å². The Kier molecular flexibility index (Phi) is 11.1. The molecule has 0 unspecified atom stereocenters. The number of hydrogen-bond acceptors (Lipinski definition) is 4. The first-order valence-corrected chi connectivity index (χ1v) is 12.5. The van der Waals surface area contributed by atoms with E-state index in [0.29, 0.717) is 13.1 Å². The largest absolute Gasteiger partial charge is 0.357 e. The Morgan fingerprint density at radius 1 is 1.07 bits per heavy atom. The third-order valence-corrected chi connectivity index (χ3v) is 5.78. The average Bonchev–Trinajstić information content (AvgIpc) is 2.64. The van der Waals surface area contributed by atoms with Crippen molar-refractivity contribution in [2.24, 2.45) is 4.99 Å². The molecule has 2 aromatic carbocycles. The van der Waals surface area contributed by atoms with Crippen LogP contribution < -0.4 is 10.6 Å². The highest BCUT2D eigenvalue weighted by Crippen LogP contribution is 2.21. The SMILES string of the molecule is CCNC(=NCc1ccc(CS(C)(=O)=O)cc1)NCc1ccc(C)cc1SC.I. The van der Waals surface area contributed by atoms with Gasteiger partial charge in [-0.25, -0.2) is 13.4 Å². The quantitative estimate of drug-likeness (QED) is 0.225. The van der Waals surface area contributed by atoms with Crippen molar-refractivity contribution >= 4 is 51.5 Å². The molecule has 2 N–H and O–H groups in total. The van der Waals surface area contributed by atoms with Crippen LogP contribution in [0.1, 0.15) is 29.2 Å². The zero-order chi connectivity index (χ0) is 20.6. The van der Waals surface area contributed by atoms with Crippen LogP contribution in [-0.2, 0) is 28.7 Å². The van der Waals surface area contributed by atoms with Gasteiger partial charge in [0.05, 0.1) is 12.3 Å². The number of aliphatic imine (C=N–C) groups is 1. The number of hydrogen-bond donors (Lipinski definition) is 2. The smallest absolute Gasteiger partial charge is 0.191 e. The van der Waals surface area contributed by atoms with Gasteiger partial charge in [-0.1, -0.05) is 36.4 Å². The lowest BCUT2D eigenvalue weighted by atomic mass is 10.1. The molecule has 0 spiro atoms. The number of halogens is 1. The van der Waals surface area contributed by atoms with E-state index in [2.05, 4.69) is 47.0 Å². The van der Waals surface area contributed by atoms with Crippen LogP contribution in [0.3, 0.4) is 0 Å². The molecule has 29 heavy (non-hydrogen) atoms. The lowest BCUT2D eigenvalue weighted by molar-refractivity contribution is 0.601. The van der Waals surface area contributed by atoms with Crippen molar-refractivity contribution in [1.82, 2.24) is 10.6 Å². The number of aryl methyl sites for hydroxylation is 1. The lowest BCUT2D eigenvalue weighted by Gasteiger charge is -2.14. The van der Waals surface area contributed by atoms with Gasteiger partial charge in [-0.2, -0.15) is 0 Å². The summed E-state index contributed by atoms with van der Waals surface area (Å²) in [4.78, 5) is 5.91. The van der Waals surface area contributed by atoms with Gasteiger partial charge in [0.2, 0.25) is 0 Å². The predicted octanol–water partition coefficient (Wildman–Crippen LogP) is 4.13. The highest BCUT2D eigenvalue weighted by atomic mass is 127. The van der Waals surface area contributed by atoms with Crippen molar-refractivity contribution in [2.75, 3.05) is 19.1 Å². The standard InChI is InChI=1S/C21H29N3O2S2.HI/c1-5-22-21(24-14-19-11-6-16(2)12-20(19)27-3)23-13-17-7-9-18(10-8-17)15-28(4,25)26;/h6-12H,5,13-15H2,1-4H3,(H2,22,23,24);1H. The molecule has 0 fully saturated rings. The maximum Gasteiger partial charge on any atom is 0.191 e. The second kappa shape index (κ2) is 12.4. The molecule has 0 saturated carbocycles. The second-order valence-electron chi connectivity index (χ2n) is 6.75. The summed E-state index contributed by atoms with van der Waals surface area (Å²) in [6.07, 6.45) is 3.33. The fourth-order valence-electron chi connectivity index (χ4n) is 2.73. The van der Waals surface area contributed by atoms with Gasteiger partial charge in [-0.05, 0) is 48.4 Å². The molecule has 2 rings (SSSR count). The summed E-state index contributed by atoms with van der Waals surface area (Å²) in [6.45, 7) is 6.15. The van der Waals surface area contributed by atoms with Gasteiger partial charge in [-0.15, -0.1) is 35.7 Å². The third-order valence-electron chi connectivity index (χ3n) is 4.10. The predicted molar refractivity (Wildman–Crippen MR) is 135 cm³/mol. The van der Waals surface area contributed by atoms with Crippen LogP contribution in [0.15, 0.2) is 52.4 Å². The minimum Gasteiger partial charge on any atom is -0.357 e. The van der Waals surface area contributed by atoms with E-state index in [0.717, 1.165) is 23.6 Å². The molecule has 0 aliphatic rings. The maximum atomic E-state index is 11.4. The molecule has 0 saturated heterocycles. The molecule has 0 aromatic heterocycles. The molecule has 8 heteroatoms. The molecule has 0 aliphatic carbocycles. The molecular formula is C21H30IN3O2S2. The Balaban J connectivity index is 0.00000420. The van der Waals surface area contributed by atoms with Crippen molar-refractivity contribution in [3.63, 3.8) is 0 Å². The minimum atomic E-state index is -3.01. The minimum absolute atomic E-state index is 0. The van der Waals surface area contributed by atoms with E-state index in [-0.39, 0.29) is 29.7 Å². The summed E-state index contributed by atoms with van der Waals surface area (Å²) in [6, 6.07) is 14.0. The Labute approximate surface area is 196 Å². The molecule has 0 heterocycles. The molecule has 0 amide bonds. The zero-order valence-corrected chi connectivity index (χ0v) is 21.3. The number of nitrogens with zero attached hydrogens (tertiary/aromatic N) is 1. The molecule has 5 nitrogen and oxygen atoms in total. The summed E-state index contributed by atoms with van der Waals surface area (Å²) < 4.78 is 22.8. The Morgan fingerprint density at radius 3 is 2.31 bits per heavy atom. The van der Waals surface area contributed by atoms with Gasteiger partial charge in [0.25, 0.3) is 0 Å². The Morgan fingerprint density at radius 2 is 1.72 bits per heavy atom. The highest BCUT2D eigenvalue weighted by molar-refractivity contribution is 14.0. The van der Waals surface area contributed by atoms with E-state index in [9.17, 15) is 8.42 Å². The summed E-state index contributed by atoms with van der Waals surface area (Å²) in [5.74, 6) is 0.824. The van der Waals surface area contributed by atoms with Crippen molar-refractivity contribution in [1.29, 1.82) is 0 Å². The number of benzene rings is 2. The van der Waals surface area contributed by atoms with Gasteiger partial charge in [0, 0.05) is 24.2 Å². The zero-order valence-electron chi connectivity index (χ0n) is 17.4. The van der Waals surface area contributed by atoms with E-state index in [1.807, 2.05) is 31.2 Å². The highest BCUT2D eigenvalue weighted by Gasteiger charge is 2.06. The molecule has 0 bridgehead atoms. The maximum absolute atomic E-state index is 11.4.